The van der Waals surface area contributed by atoms with Crippen LogP contribution in [0, 0.1) is 6.92 Å². The van der Waals surface area contributed by atoms with E-state index in [2.05, 4.69) is 21.2 Å². The molecule has 3 rings (SSSR count). The predicted octanol–water partition coefficient (Wildman–Crippen LogP) is 2.38. The third-order valence-electron chi connectivity index (χ3n) is 4.67. The summed E-state index contributed by atoms with van der Waals surface area (Å²) >= 11 is 3.33. The van der Waals surface area contributed by atoms with Gasteiger partial charge in [0.2, 0.25) is 15.9 Å². The largest absolute Gasteiger partial charge is 0.339 e. The molecule has 1 N–H and O–H groups in total. The first-order valence-electron chi connectivity index (χ1n) is 9.16. The van der Waals surface area contributed by atoms with Crippen LogP contribution >= 0.6 is 15.9 Å². The van der Waals surface area contributed by atoms with Gasteiger partial charge >= 0.3 is 0 Å². The molecule has 1 amide bonds. The molecule has 28 heavy (non-hydrogen) atoms. The van der Waals surface area contributed by atoms with Gasteiger partial charge in [0.25, 0.3) is 0 Å². The van der Waals surface area contributed by atoms with Crippen molar-refractivity contribution in [3.63, 3.8) is 0 Å². The molecule has 1 aliphatic heterocycles. The number of rotatable bonds is 6. The van der Waals surface area contributed by atoms with Crippen molar-refractivity contribution in [2.45, 2.75) is 18.4 Å². The summed E-state index contributed by atoms with van der Waals surface area (Å²) in [4.78, 5) is 14.7. The van der Waals surface area contributed by atoms with Crippen molar-refractivity contribution in [1.82, 2.24) is 14.5 Å². The first-order valence-corrected chi connectivity index (χ1v) is 11.4. The zero-order valence-electron chi connectivity index (χ0n) is 15.8. The molecule has 1 heterocycles. The van der Waals surface area contributed by atoms with Crippen molar-refractivity contribution in [2.24, 2.45) is 0 Å². The lowest BCUT2D eigenvalue weighted by atomic mass is 10.1. The van der Waals surface area contributed by atoms with E-state index < -0.39 is 10.0 Å². The zero-order chi connectivity index (χ0) is 20.1. The van der Waals surface area contributed by atoms with E-state index in [9.17, 15) is 13.2 Å². The summed E-state index contributed by atoms with van der Waals surface area (Å²) in [5, 5.41) is 3.20. The lowest BCUT2D eigenvalue weighted by Crippen LogP contribution is -2.50. The number of carbonyl (C=O) groups is 1. The van der Waals surface area contributed by atoms with Crippen LogP contribution in [0.2, 0.25) is 0 Å². The van der Waals surface area contributed by atoms with Crippen molar-refractivity contribution in [3.8, 4) is 0 Å². The standard InChI is InChI=1S/C20H24BrN3O3S/c1-16-3-2-4-17(13-16)14-24(15-20(25)23-11-9-22-10-12-23)28(26,27)19-7-5-18(21)6-8-19/h2-8,13,22H,9-12,14-15H2,1H3. The number of hydrogen-bond acceptors (Lipinski definition) is 4. The molecule has 2 aromatic carbocycles. The lowest BCUT2D eigenvalue weighted by Gasteiger charge is -2.30. The van der Waals surface area contributed by atoms with Crippen LogP contribution in [-0.2, 0) is 21.4 Å². The first kappa shape index (κ1) is 21.0. The average Bonchev–Trinajstić information content (AvgIpc) is 2.68. The van der Waals surface area contributed by atoms with Crippen LogP contribution in [0.1, 0.15) is 11.1 Å². The monoisotopic (exact) mass is 465 g/mol. The minimum atomic E-state index is -3.81. The molecule has 1 aliphatic rings. The van der Waals surface area contributed by atoms with Gasteiger partial charge in [0.05, 0.1) is 11.4 Å². The van der Waals surface area contributed by atoms with E-state index in [-0.39, 0.29) is 23.9 Å². The fourth-order valence-electron chi connectivity index (χ4n) is 3.16. The second-order valence-electron chi connectivity index (χ2n) is 6.85. The molecule has 0 aromatic heterocycles. The Morgan fingerprint density at radius 2 is 1.82 bits per heavy atom. The molecule has 0 bridgehead atoms. The molecule has 0 radical (unpaired) electrons. The molecule has 150 valence electrons. The van der Waals surface area contributed by atoms with Crippen LogP contribution in [0.3, 0.4) is 0 Å². The van der Waals surface area contributed by atoms with Gasteiger partial charge in [-0.25, -0.2) is 8.42 Å². The van der Waals surface area contributed by atoms with Gasteiger partial charge in [-0.3, -0.25) is 4.79 Å². The highest BCUT2D eigenvalue weighted by Crippen LogP contribution is 2.21. The molecule has 2 aromatic rings. The Hall–Kier alpha value is -1.74. The number of piperazine rings is 1. The lowest BCUT2D eigenvalue weighted by molar-refractivity contribution is -0.132. The minimum absolute atomic E-state index is 0.151. The highest BCUT2D eigenvalue weighted by Gasteiger charge is 2.29. The van der Waals surface area contributed by atoms with Crippen molar-refractivity contribution in [1.29, 1.82) is 0 Å². The molecule has 0 spiro atoms. The van der Waals surface area contributed by atoms with Gasteiger partial charge in [0.1, 0.15) is 0 Å². The summed E-state index contributed by atoms with van der Waals surface area (Å²) in [5.74, 6) is -0.171. The van der Waals surface area contributed by atoms with E-state index in [0.29, 0.717) is 13.1 Å². The third-order valence-corrected chi connectivity index (χ3v) is 7.01. The van der Waals surface area contributed by atoms with E-state index in [0.717, 1.165) is 28.7 Å². The summed E-state index contributed by atoms with van der Waals surface area (Å²) < 4.78 is 28.6. The highest BCUT2D eigenvalue weighted by atomic mass is 79.9. The van der Waals surface area contributed by atoms with E-state index in [4.69, 9.17) is 0 Å². The fourth-order valence-corrected chi connectivity index (χ4v) is 4.80. The summed E-state index contributed by atoms with van der Waals surface area (Å²) in [6.45, 7) is 4.57. The third kappa shape index (κ3) is 5.20. The predicted molar refractivity (Wildman–Crippen MR) is 112 cm³/mol. The molecular formula is C20H24BrN3O3S. The van der Waals surface area contributed by atoms with Gasteiger partial charge in [0, 0.05) is 37.2 Å². The summed E-state index contributed by atoms with van der Waals surface area (Å²) in [6, 6.07) is 14.2. The van der Waals surface area contributed by atoms with Crippen LogP contribution < -0.4 is 5.32 Å². The smallest absolute Gasteiger partial charge is 0.243 e. The molecule has 0 aliphatic carbocycles. The number of carbonyl (C=O) groups excluding carboxylic acids is 1. The minimum Gasteiger partial charge on any atom is -0.339 e. The normalized spacial score (nSPS) is 15.0. The van der Waals surface area contributed by atoms with E-state index in [1.807, 2.05) is 31.2 Å². The molecule has 1 saturated heterocycles. The van der Waals surface area contributed by atoms with Gasteiger partial charge in [-0.1, -0.05) is 45.8 Å². The van der Waals surface area contributed by atoms with E-state index >= 15 is 0 Å². The second-order valence-corrected chi connectivity index (χ2v) is 9.70. The maximum atomic E-state index is 13.3. The highest BCUT2D eigenvalue weighted by molar-refractivity contribution is 9.10. The topological polar surface area (TPSA) is 69.7 Å². The van der Waals surface area contributed by atoms with Crippen LogP contribution in [0.25, 0.3) is 0 Å². The van der Waals surface area contributed by atoms with Crippen molar-refractivity contribution in [3.05, 3.63) is 64.1 Å². The maximum absolute atomic E-state index is 13.3. The first-order chi connectivity index (χ1) is 13.4. The summed E-state index contributed by atoms with van der Waals surface area (Å²) in [6.07, 6.45) is 0. The van der Waals surface area contributed by atoms with E-state index in [1.54, 1.807) is 29.2 Å². The van der Waals surface area contributed by atoms with Gasteiger partial charge in [-0.05, 0) is 36.8 Å². The maximum Gasteiger partial charge on any atom is 0.243 e. The van der Waals surface area contributed by atoms with Crippen molar-refractivity contribution >= 4 is 31.9 Å². The van der Waals surface area contributed by atoms with Gasteiger partial charge in [0.15, 0.2) is 0 Å². The average molecular weight is 466 g/mol. The zero-order valence-corrected chi connectivity index (χ0v) is 18.2. The number of nitrogens with zero attached hydrogens (tertiary/aromatic N) is 2. The number of hydrogen-bond donors (Lipinski definition) is 1. The van der Waals surface area contributed by atoms with Crippen LogP contribution in [0.5, 0.6) is 0 Å². The molecule has 0 saturated carbocycles. The Morgan fingerprint density at radius 3 is 2.46 bits per heavy atom. The SMILES string of the molecule is Cc1cccc(CN(CC(=O)N2CCNCC2)S(=O)(=O)c2ccc(Br)cc2)c1. The number of aryl methyl sites for hydroxylation is 1. The Morgan fingerprint density at radius 1 is 1.14 bits per heavy atom. The second kappa shape index (κ2) is 9.17. The number of benzene rings is 2. The molecular weight excluding hydrogens is 442 g/mol. The number of nitrogens with one attached hydrogen (secondary N) is 1. The van der Waals surface area contributed by atoms with Crippen LogP contribution in [0.4, 0.5) is 0 Å². The number of sulfonamides is 1. The molecule has 0 atom stereocenters. The summed E-state index contributed by atoms with van der Waals surface area (Å²) in [5.41, 5.74) is 1.90. The Labute approximate surface area is 174 Å². The van der Waals surface area contributed by atoms with E-state index in [1.165, 1.54) is 4.31 Å². The Bertz CT molecular complexity index is 926. The molecule has 6 nitrogen and oxygen atoms in total. The molecule has 0 unspecified atom stereocenters. The molecule has 1 fully saturated rings. The fraction of sp³-hybridized carbons (Fsp3) is 0.350. The summed E-state index contributed by atoms with van der Waals surface area (Å²) in [7, 11) is -3.81. The molecule has 8 heteroatoms. The quantitative estimate of drug-likeness (QED) is 0.710. The van der Waals surface area contributed by atoms with Crippen LogP contribution in [-0.4, -0.2) is 56.3 Å². The van der Waals surface area contributed by atoms with Crippen LogP contribution in [0.15, 0.2) is 57.9 Å². The van der Waals surface area contributed by atoms with Gasteiger partial charge in [-0.2, -0.15) is 4.31 Å². The Balaban J connectivity index is 1.88. The number of halogens is 1. The van der Waals surface area contributed by atoms with Gasteiger partial charge < -0.3 is 10.2 Å². The van der Waals surface area contributed by atoms with Crippen molar-refractivity contribution in [2.75, 3.05) is 32.7 Å². The Kier molecular flexibility index (Phi) is 6.87. The van der Waals surface area contributed by atoms with Gasteiger partial charge in [-0.15, -0.1) is 0 Å². The number of amides is 1. The van der Waals surface area contributed by atoms with Crippen molar-refractivity contribution < 1.29 is 13.2 Å².